The van der Waals surface area contributed by atoms with Crippen LogP contribution in [0.2, 0.25) is 0 Å². The number of hydrogen-bond donors (Lipinski definition) is 0. The number of carbonyl (C=O) groups excluding carboxylic acids is 2. The highest BCUT2D eigenvalue weighted by Gasteiger charge is 2.18. The van der Waals surface area contributed by atoms with Gasteiger partial charge in [0.25, 0.3) is 5.91 Å². The number of ether oxygens (including phenoxy) is 2. The lowest BCUT2D eigenvalue weighted by Gasteiger charge is -2.23. The highest BCUT2D eigenvalue weighted by atomic mass is 16.5. The molecule has 23 heavy (non-hydrogen) atoms. The zero-order chi connectivity index (χ0) is 17.2. The largest absolute Gasteiger partial charge is 0.469 e. The molecule has 0 saturated heterocycles. The molecule has 0 saturated carbocycles. The third-order valence-corrected chi connectivity index (χ3v) is 3.50. The molecule has 0 aliphatic carbocycles. The van der Waals surface area contributed by atoms with Crippen molar-refractivity contribution in [3.63, 3.8) is 0 Å². The van der Waals surface area contributed by atoms with E-state index in [1.807, 2.05) is 45.0 Å². The number of nitrogens with zero attached hydrogens (tertiary/aromatic N) is 1. The van der Waals surface area contributed by atoms with Crippen molar-refractivity contribution in [3.05, 3.63) is 35.4 Å². The third-order valence-electron chi connectivity index (χ3n) is 3.50. The van der Waals surface area contributed by atoms with Crippen molar-refractivity contribution in [3.8, 4) is 0 Å². The summed E-state index contributed by atoms with van der Waals surface area (Å²) in [7, 11) is 1.35. The molecule has 5 heteroatoms. The average molecular weight is 321 g/mol. The molecule has 0 aliphatic heterocycles. The van der Waals surface area contributed by atoms with Crippen LogP contribution >= 0.6 is 0 Å². The highest BCUT2D eigenvalue weighted by Crippen LogP contribution is 2.12. The molecule has 128 valence electrons. The quantitative estimate of drug-likeness (QED) is 0.518. The van der Waals surface area contributed by atoms with Crippen molar-refractivity contribution in [1.29, 1.82) is 0 Å². The second-order valence-electron chi connectivity index (χ2n) is 5.71. The van der Waals surface area contributed by atoms with E-state index in [0.29, 0.717) is 25.3 Å². The van der Waals surface area contributed by atoms with Crippen molar-refractivity contribution >= 4 is 11.9 Å². The van der Waals surface area contributed by atoms with Crippen LogP contribution in [0.25, 0.3) is 0 Å². The highest BCUT2D eigenvalue weighted by molar-refractivity contribution is 5.95. The number of rotatable bonds is 9. The zero-order valence-corrected chi connectivity index (χ0v) is 14.5. The Bertz CT molecular complexity index is 513. The molecule has 1 aromatic carbocycles. The van der Waals surface area contributed by atoms with Gasteiger partial charge in [0, 0.05) is 25.3 Å². The SMILES string of the molecule is COC(=O)CCN(CCCOC(C)C)C(=O)c1ccccc1C. The number of carbonyl (C=O) groups is 2. The van der Waals surface area contributed by atoms with Gasteiger partial charge in [-0.2, -0.15) is 0 Å². The van der Waals surface area contributed by atoms with E-state index >= 15 is 0 Å². The van der Waals surface area contributed by atoms with Gasteiger partial charge in [-0.1, -0.05) is 18.2 Å². The minimum Gasteiger partial charge on any atom is -0.469 e. The van der Waals surface area contributed by atoms with Gasteiger partial charge < -0.3 is 14.4 Å². The molecule has 0 spiro atoms. The molecule has 0 aromatic heterocycles. The standard InChI is InChI=1S/C18H27NO4/c1-14(2)23-13-7-11-19(12-10-17(20)22-4)18(21)16-9-6-5-8-15(16)3/h5-6,8-9,14H,7,10-13H2,1-4H3. The van der Waals surface area contributed by atoms with Crippen LogP contribution in [0.5, 0.6) is 0 Å². The van der Waals surface area contributed by atoms with Gasteiger partial charge in [-0.05, 0) is 38.8 Å². The van der Waals surface area contributed by atoms with Crippen LogP contribution in [0.4, 0.5) is 0 Å². The summed E-state index contributed by atoms with van der Waals surface area (Å²) in [5.74, 6) is -0.373. The molecular weight excluding hydrogens is 294 g/mol. The Balaban J connectivity index is 2.71. The van der Waals surface area contributed by atoms with Crippen molar-refractivity contribution in [2.24, 2.45) is 0 Å². The Morgan fingerprint density at radius 1 is 1.17 bits per heavy atom. The lowest BCUT2D eigenvalue weighted by Crippen LogP contribution is -2.35. The van der Waals surface area contributed by atoms with E-state index in [2.05, 4.69) is 4.74 Å². The van der Waals surface area contributed by atoms with Crippen LogP contribution in [0.3, 0.4) is 0 Å². The average Bonchev–Trinajstić information content (AvgIpc) is 2.53. The molecule has 0 aliphatic rings. The van der Waals surface area contributed by atoms with Gasteiger partial charge in [0.15, 0.2) is 0 Å². The van der Waals surface area contributed by atoms with E-state index in [4.69, 9.17) is 4.74 Å². The summed E-state index contributed by atoms with van der Waals surface area (Å²) in [6.45, 7) is 7.36. The van der Waals surface area contributed by atoms with Crippen molar-refractivity contribution < 1.29 is 19.1 Å². The van der Waals surface area contributed by atoms with Crippen LogP contribution in [0.1, 0.15) is 42.6 Å². The van der Waals surface area contributed by atoms with Gasteiger partial charge in [-0.3, -0.25) is 9.59 Å². The first kappa shape index (κ1) is 19.2. The fourth-order valence-electron chi connectivity index (χ4n) is 2.20. The molecule has 0 atom stereocenters. The molecule has 0 fully saturated rings. The first-order valence-electron chi connectivity index (χ1n) is 7.99. The molecule has 1 amide bonds. The van der Waals surface area contributed by atoms with E-state index in [1.54, 1.807) is 4.90 Å². The molecule has 0 unspecified atom stereocenters. The van der Waals surface area contributed by atoms with Crippen molar-refractivity contribution in [2.45, 2.75) is 39.7 Å². The topological polar surface area (TPSA) is 55.8 Å². The summed E-state index contributed by atoms with van der Waals surface area (Å²) in [5, 5.41) is 0. The van der Waals surface area contributed by atoms with Gasteiger partial charge in [0.1, 0.15) is 0 Å². The maximum Gasteiger partial charge on any atom is 0.307 e. The third kappa shape index (κ3) is 6.82. The van der Waals surface area contributed by atoms with E-state index in [-0.39, 0.29) is 24.4 Å². The fourth-order valence-corrected chi connectivity index (χ4v) is 2.20. The van der Waals surface area contributed by atoms with Crippen LogP contribution in [-0.2, 0) is 14.3 Å². The minimum absolute atomic E-state index is 0.0587. The number of amides is 1. The fraction of sp³-hybridized carbons (Fsp3) is 0.556. The van der Waals surface area contributed by atoms with E-state index in [9.17, 15) is 9.59 Å². The first-order valence-corrected chi connectivity index (χ1v) is 7.99. The van der Waals surface area contributed by atoms with E-state index < -0.39 is 0 Å². The number of benzene rings is 1. The monoisotopic (exact) mass is 321 g/mol. The Labute approximate surface area is 138 Å². The van der Waals surface area contributed by atoms with Crippen molar-refractivity contribution in [2.75, 3.05) is 26.8 Å². The molecule has 0 N–H and O–H groups in total. The molecule has 1 aromatic rings. The Morgan fingerprint density at radius 3 is 2.48 bits per heavy atom. The smallest absolute Gasteiger partial charge is 0.307 e. The van der Waals surface area contributed by atoms with Crippen molar-refractivity contribution in [1.82, 2.24) is 4.90 Å². The number of aryl methyl sites for hydroxylation is 1. The lowest BCUT2D eigenvalue weighted by molar-refractivity contribution is -0.140. The van der Waals surface area contributed by atoms with Gasteiger partial charge in [-0.25, -0.2) is 0 Å². The zero-order valence-electron chi connectivity index (χ0n) is 14.5. The summed E-state index contributed by atoms with van der Waals surface area (Å²) in [4.78, 5) is 25.8. The minimum atomic E-state index is -0.314. The summed E-state index contributed by atoms with van der Waals surface area (Å²) in [5.41, 5.74) is 1.60. The molecule has 0 radical (unpaired) electrons. The summed E-state index contributed by atoms with van der Waals surface area (Å²) >= 11 is 0. The molecule has 1 rings (SSSR count). The van der Waals surface area contributed by atoms with Crippen LogP contribution in [-0.4, -0.2) is 49.7 Å². The number of methoxy groups -OCH3 is 1. The van der Waals surface area contributed by atoms with Gasteiger partial charge >= 0.3 is 5.97 Å². The summed E-state index contributed by atoms with van der Waals surface area (Å²) < 4.78 is 10.2. The lowest BCUT2D eigenvalue weighted by atomic mass is 10.1. The van der Waals surface area contributed by atoms with Crippen LogP contribution in [0.15, 0.2) is 24.3 Å². The predicted octanol–water partition coefficient (Wildman–Crippen LogP) is 2.82. The molecule has 5 nitrogen and oxygen atoms in total. The van der Waals surface area contributed by atoms with Gasteiger partial charge in [0.05, 0.1) is 19.6 Å². The van der Waals surface area contributed by atoms with E-state index in [1.165, 1.54) is 7.11 Å². The number of hydrogen-bond acceptors (Lipinski definition) is 4. The molecular formula is C18H27NO4. The molecule has 0 heterocycles. The second-order valence-corrected chi connectivity index (χ2v) is 5.71. The Morgan fingerprint density at radius 2 is 1.87 bits per heavy atom. The van der Waals surface area contributed by atoms with Gasteiger partial charge in [0.2, 0.25) is 0 Å². The first-order chi connectivity index (χ1) is 11.0. The second kappa shape index (κ2) is 10.0. The maximum absolute atomic E-state index is 12.7. The van der Waals surface area contributed by atoms with Crippen LogP contribution < -0.4 is 0 Å². The Kier molecular flexibility index (Phi) is 8.33. The van der Waals surface area contributed by atoms with E-state index in [0.717, 1.165) is 12.0 Å². The Hall–Kier alpha value is -1.88. The van der Waals surface area contributed by atoms with Gasteiger partial charge in [-0.15, -0.1) is 0 Å². The predicted molar refractivity (Wildman–Crippen MR) is 89.4 cm³/mol. The maximum atomic E-state index is 12.7. The summed E-state index contributed by atoms with van der Waals surface area (Å²) in [6, 6.07) is 7.48. The summed E-state index contributed by atoms with van der Waals surface area (Å²) in [6.07, 6.45) is 1.10. The normalized spacial score (nSPS) is 10.7. The van der Waals surface area contributed by atoms with Crippen LogP contribution in [0, 0.1) is 6.92 Å². The molecule has 0 bridgehead atoms. The number of esters is 1.